The normalized spacial score (nSPS) is 12.0. The molecule has 1 aromatic rings. The van der Waals surface area contributed by atoms with Crippen molar-refractivity contribution in [2.75, 3.05) is 19.1 Å². The summed E-state index contributed by atoms with van der Waals surface area (Å²) in [4.78, 5) is 6.46. The van der Waals surface area contributed by atoms with Gasteiger partial charge in [-0.15, -0.1) is 0 Å². The maximum Gasteiger partial charge on any atom is 0.139 e. The number of benzene rings is 1. The lowest BCUT2D eigenvalue weighted by Gasteiger charge is -2.22. The molecular weight excluding hydrogens is 248 g/mol. The molecule has 0 saturated carbocycles. The molecule has 106 valence electrons. The van der Waals surface area contributed by atoms with E-state index in [0.29, 0.717) is 0 Å². The van der Waals surface area contributed by atoms with Gasteiger partial charge in [0.2, 0.25) is 0 Å². The van der Waals surface area contributed by atoms with Crippen molar-refractivity contribution in [3.63, 3.8) is 0 Å². The van der Waals surface area contributed by atoms with Crippen molar-refractivity contribution in [1.29, 1.82) is 0 Å². The van der Waals surface area contributed by atoms with Gasteiger partial charge in [0.1, 0.15) is 11.6 Å². The summed E-state index contributed by atoms with van der Waals surface area (Å²) in [5.74, 6) is 1.65. The van der Waals surface area contributed by atoms with Crippen LogP contribution < -0.4 is 9.64 Å². The Morgan fingerprint density at radius 3 is 2.30 bits per heavy atom. The highest BCUT2D eigenvalue weighted by molar-refractivity contribution is 5.62. The molecule has 0 spiro atoms. The topological polar surface area (TPSA) is 24.8 Å². The van der Waals surface area contributed by atoms with Crippen LogP contribution in [0.3, 0.4) is 0 Å². The van der Waals surface area contributed by atoms with E-state index in [0.717, 1.165) is 28.4 Å². The summed E-state index contributed by atoms with van der Waals surface area (Å²) in [6.45, 7) is 11.7. The van der Waals surface area contributed by atoms with Crippen LogP contribution in [0.4, 0.5) is 5.69 Å². The third-order valence-electron chi connectivity index (χ3n) is 2.93. The fraction of sp³-hybridized carbons (Fsp3) is 0.235. The first-order chi connectivity index (χ1) is 9.54. The SMILES string of the molecule is C=C/C(C(=C)C)=C(/N=C\C)N(C)c1ccc(OC)cc1. The molecule has 0 heterocycles. The Morgan fingerprint density at radius 1 is 1.30 bits per heavy atom. The quantitative estimate of drug-likeness (QED) is 0.572. The summed E-state index contributed by atoms with van der Waals surface area (Å²) in [5.41, 5.74) is 2.88. The highest BCUT2D eigenvalue weighted by atomic mass is 16.5. The molecule has 0 aromatic heterocycles. The Hall–Kier alpha value is -2.29. The van der Waals surface area contributed by atoms with E-state index in [9.17, 15) is 0 Å². The zero-order valence-corrected chi connectivity index (χ0v) is 12.7. The molecule has 0 unspecified atom stereocenters. The van der Waals surface area contributed by atoms with Crippen molar-refractivity contribution in [3.05, 3.63) is 60.5 Å². The van der Waals surface area contributed by atoms with Crippen molar-refractivity contribution in [2.45, 2.75) is 13.8 Å². The zero-order chi connectivity index (χ0) is 15.1. The summed E-state index contributed by atoms with van der Waals surface area (Å²) < 4.78 is 5.17. The molecule has 0 aliphatic heterocycles. The predicted molar refractivity (Wildman–Crippen MR) is 87.6 cm³/mol. The van der Waals surface area contributed by atoms with Crippen molar-refractivity contribution < 1.29 is 4.74 Å². The first-order valence-electron chi connectivity index (χ1n) is 6.44. The molecule has 0 aliphatic rings. The van der Waals surface area contributed by atoms with E-state index in [1.807, 2.05) is 50.1 Å². The summed E-state index contributed by atoms with van der Waals surface area (Å²) in [5, 5.41) is 0. The Balaban J connectivity index is 3.26. The number of methoxy groups -OCH3 is 1. The molecule has 0 aliphatic carbocycles. The Bertz CT molecular complexity index is 539. The molecule has 0 radical (unpaired) electrons. The van der Waals surface area contributed by atoms with Crippen LogP contribution >= 0.6 is 0 Å². The molecule has 1 aromatic carbocycles. The van der Waals surface area contributed by atoms with E-state index in [1.165, 1.54) is 0 Å². The fourth-order valence-corrected chi connectivity index (χ4v) is 1.84. The zero-order valence-electron chi connectivity index (χ0n) is 12.7. The first-order valence-corrected chi connectivity index (χ1v) is 6.44. The second kappa shape index (κ2) is 7.34. The maximum absolute atomic E-state index is 5.17. The van der Waals surface area contributed by atoms with E-state index in [2.05, 4.69) is 18.2 Å². The number of hydrogen-bond acceptors (Lipinski definition) is 3. The lowest BCUT2D eigenvalue weighted by atomic mass is 10.1. The smallest absolute Gasteiger partial charge is 0.139 e. The molecular formula is C17H22N2O. The van der Waals surface area contributed by atoms with Gasteiger partial charge < -0.3 is 9.64 Å². The van der Waals surface area contributed by atoms with Crippen molar-refractivity contribution in [1.82, 2.24) is 0 Å². The van der Waals surface area contributed by atoms with Crippen LogP contribution in [0.5, 0.6) is 5.75 Å². The third kappa shape index (κ3) is 3.60. The Kier molecular flexibility index (Phi) is 5.78. The fourth-order valence-electron chi connectivity index (χ4n) is 1.84. The summed E-state index contributed by atoms with van der Waals surface area (Å²) in [6, 6.07) is 7.83. The maximum atomic E-state index is 5.17. The molecule has 20 heavy (non-hydrogen) atoms. The number of aliphatic imine (C=N–C) groups is 1. The van der Waals surface area contributed by atoms with Gasteiger partial charge in [0.15, 0.2) is 0 Å². The van der Waals surface area contributed by atoms with Crippen molar-refractivity contribution in [2.24, 2.45) is 4.99 Å². The van der Waals surface area contributed by atoms with Gasteiger partial charge in [-0.3, -0.25) is 0 Å². The van der Waals surface area contributed by atoms with Crippen LogP contribution in [-0.2, 0) is 0 Å². The van der Waals surface area contributed by atoms with Crippen LogP contribution in [0, 0.1) is 0 Å². The molecule has 1 rings (SSSR count). The molecule has 0 N–H and O–H groups in total. The highest BCUT2D eigenvalue weighted by Gasteiger charge is 2.11. The van der Waals surface area contributed by atoms with Crippen LogP contribution in [0.25, 0.3) is 0 Å². The molecule has 0 bridgehead atoms. The molecule has 3 nitrogen and oxygen atoms in total. The standard InChI is InChI=1S/C17H22N2O/c1-7-16(13(3)4)17(18-8-2)19(5)14-9-11-15(20-6)12-10-14/h7-12H,1,3H2,2,4-6H3/b17-16+,18-8-. The second-order valence-electron chi connectivity index (χ2n) is 4.37. The average molecular weight is 270 g/mol. The molecule has 3 heteroatoms. The van der Waals surface area contributed by atoms with E-state index >= 15 is 0 Å². The molecule has 0 saturated heterocycles. The van der Waals surface area contributed by atoms with E-state index < -0.39 is 0 Å². The number of ether oxygens (including phenoxy) is 1. The van der Waals surface area contributed by atoms with Crippen LogP contribution in [-0.4, -0.2) is 20.4 Å². The molecule has 0 atom stereocenters. The van der Waals surface area contributed by atoms with E-state index in [-0.39, 0.29) is 0 Å². The van der Waals surface area contributed by atoms with Gasteiger partial charge in [-0.2, -0.15) is 0 Å². The summed E-state index contributed by atoms with van der Waals surface area (Å²) in [6.07, 6.45) is 3.55. The average Bonchev–Trinajstić information content (AvgIpc) is 2.46. The van der Waals surface area contributed by atoms with Gasteiger partial charge in [-0.05, 0) is 43.7 Å². The molecule has 0 fully saturated rings. The number of rotatable bonds is 6. The lowest BCUT2D eigenvalue weighted by molar-refractivity contribution is 0.415. The minimum absolute atomic E-state index is 0.820. The summed E-state index contributed by atoms with van der Waals surface area (Å²) in [7, 11) is 3.62. The van der Waals surface area contributed by atoms with Crippen molar-refractivity contribution in [3.8, 4) is 5.75 Å². The third-order valence-corrected chi connectivity index (χ3v) is 2.93. The first kappa shape index (κ1) is 15.8. The molecule has 0 amide bonds. The van der Waals surface area contributed by atoms with Gasteiger partial charge in [-0.1, -0.05) is 19.2 Å². The van der Waals surface area contributed by atoms with Crippen LogP contribution in [0.15, 0.2) is 65.5 Å². The van der Waals surface area contributed by atoms with Gasteiger partial charge in [-0.25, -0.2) is 4.99 Å². The second-order valence-corrected chi connectivity index (χ2v) is 4.37. The van der Waals surface area contributed by atoms with E-state index in [4.69, 9.17) is 4.74 Å². The minimum atomic E-state index is 0.820. The number of allylic oxidation sites excluding steroid dienone is 3. The van der Waals surface area contributed by atoms with Crippen LogP contribution in [0.1, 0.15) is 13.8 Å². The predicted octanol–water partition coefficient (Wildman–Crippen LogP) is 4.20. The Morgan fingerprint density at radius 2 is 1.90 bits per heavy atom. The number of nitrogens with zero attached hydrogens (tertiary/aromatic N) is 2. The van der Waals surface area contributed by atoms with Crippen molar-refractivity contribution >= 4 is 11.9 Å². The number of hydrogen-bond donors (Lipinski definition) is 0. The summed E-state index contributed by atoms with van der Waals surface area (Å²) >= 11 is 0. The minimum Gasteiger partial charge on any atom is -0.497 e. The lowest BCUT2D eigenvalue weighted by Crippen LogP contribution is -2.17. The van der Waals surface area contributed by atoms with Gasteiger partial charge in [0, 0.05) is 24.5 Å². The highest BCUT2D eigenvalue weighted by Crippen LogP contribution is 2.25. The van der Waals surface area contributed by atoms with E-state index in [1.54, 1.807) is 19.4 Å². The monoisotopic (exact) mass is 270 g/mol. The largest absolute Gasteiger partial charge is 0.497 e. The Labute approximate surface area is 121 Å². The number of anilines is 1. The van der Waals surface area contributed by atoms with Gasteiger partial charge >= 0.3 is 0 Å². The van der Waals surface area contributed by atoms with Gasteiger partial charge in [0.05, 0.1) is 7.11 Å². The van der Waals surface area contributed by atoms with Gasteiger partial charge in [0.25, 0.3) is 0 Å². The van der Waals surface area contributed by atoms with Crippen LogP contribution in [0.2, 0.25) is 0 Å².